The van der Waals surface area contributed by atoms with Crippen molar-refractivity contribution >= 4 is 19.4 Å². The highest BCUT2D eigenvalue weighted by Crippen LogP contribution is 2.35. The predicted octanol–water partition coefficient (Wildman–Crippen LogP) is 2.02. The number of hydrogen-bond acceptors (Lipinski definition) is 3. The standard InChI is InChI=1S/C14H18NO5P/c16-13-11-7-3-4-8-12(11)14(17)15(13)9-5-1-2-6-10-21(18,19)20/h3-4,7-8H,1-2,5-6,9-10H2,(H2,18,19,20). The van der Waals surface area contributed by atoms with Gasteiger partial charge in [-0.2, -0.15) is 0 Å². The first-order valence-corrected chi connectivity index (χ1v) is 8.70. The summed E-state index contributed by atoms with van der Waals surface area (Å²) in [7, 11) is -3.91. The molecule has 0 aromatic heterocycles. The van der Waals surface area contributed by atoms with E-state index in [1.807, 2.05) is 0 Å². The van der Waals surface area contributed by atoms with E-state index in [1.54, 1.807) is 24.3 Å². The molecular weight excluding hydrogens is 293 g/mol. The lowest BCUT2D eigenvalue weighted by molar-refractivity contribution is 0.0651. The van der Waals surface area contributed by atoms with Crippen molar-refractivity contribution in [2.75, 3.05) is 12.7 Å². The average molecular weight is 311 g/mol. The summed E-state index contributed by atoms with van der Waals surface area (Å²) in [4.78, 5) is 42.8. The van der Waals surface area contributed by atoms with Gasteiger partial charge in [-0.15, -0.1) is 0 Å². The van der Waals surface area contributed by atoms with Crippen molar-refractivity contribution in [1.29, 1.82) is 0 Å². The van der Waals surface area contributed by atoms with E-state index < -0.39 is 7.60 Å². The van der Waals surface area contributed by atoms with Crippen molar-refractivity contribution in [2.45, 2.75) is 25.7 Å². The minimum Gasteiger partial charge on any atom is -0.324 e. The summed E-state index contributed by atoms with van der Waals surface area (Å²) in [6.07, 6.45) is 2.39. The molecule has 2 rings (SSSR count). The number of carbonyl (C=O) groups is 2. The van der Waals surface area contributed by atoms with Gasteiger partial charge in [-0.25, -0.2) is 0 Å². The summed E-state index contributed by atoms with van der Waals surface area (Å²) in [6, 6.07) is 6.76. The van der Waals surface area contributed by atoms with Crippen molar-refractivity contribution in [3.05, 3.63) is 35.4 Å². The molecule has 1 heterocycles. The van der Waals surface area contributed by atoms with Crippen LogP contribution in [0.25, 0.3) is 0 Å². The van der Waals surface area contributed by atoms with Crippen LogP contribution in [0.15, 0.2) is 24.3 Å². The second kappa shape index (κ2) is 6.52. The lowest BCUT2D eigenvalue weighted by Gasteiger charge is -2.13. The van der Waals surface area contributed by atoms with Crippen LogP contribution in [-0.4, -0.2) is 39.2 Å². The van der Waals surface area contributed by atoms with Crippen molar-refractivity contribution < 1.29 is 23.9 Å². The molecule has 1 aliphatic heterocycles. The number of amides is 2. The number of hydrogen-bond donors (Lipinski definition) is 2. The summed E-state index contributed by atoms with van der Waals surface area (Å²) in [5, 5.41) is 0. The van der Waals surface area contributed by atoms with E-state index in [9.17, 15) is 14.2 Å². The Labute approximate surface area is 122 Å². The van der Waals surface area contributed by atoms with Crippen molar-refractivity contribution in [2.24, 2.45) is 0 Å². The Balaban J connectivity index is 1.77. The van der Waals surface area contributed by atoms with Gasteiger partial charge in [-0.05, 0) is 25.0 Å². The predicted molar refractivity (Wildman–Crippen MR) is 77.2 cm³/mol. The molecule has 0 aliphatic carbocycles. The summed E-state index contributed by atoms with van der Waals surface area (Å²) in [5.41, 5.74) is 0.896. The third-order valence-corrected chi connectivity index (χ3v) is 4.36. The van der Waals surface area contributed by atoms with Crippen LogP contribution in [0.1, 0.15) is 46.4 Å². The number of unbranched alkanes of at least 4 members (excludes halogenated alkanes) is 3. The first-order valence-electron chi connectivity index (χ1n) is 6.90. The minimum atomic E-state index is -3.91. The lowest BCUT2D eigenvalue weighted by atomic mass is 10.1. The molecule has 1 aromatic rings. The minimum absolute atomic E-state index is 0.111. The maximum atomic E-state index is 12.1. The molecule has 0 saturated heterocycles. The number of nitrogens with zero attached hydrogens (tertiary/aromatic N) is 1. The smallest absolute Gasteiger partial charge is 0.324 e. The first kappa shape index (κ1) is 15.9. The van der Waals surface area contributed by atoms with Crippen LogP contribution in [0.2, 0.25) is 0 Å². The Morgan fingerprint density at radius 2 is 1.43 bits per heavy atom. The van der Waals surface area contributed by atoms with Crippen molar-refractivity contribution in [3.63, 3.8) is 0 Å². The van der Waals surface area contributed by atoms with Gasteiger partial charge in [-0.1, -0.05) is 25.0 Å². The molecule has 0 unspecified atom stereocenters. The maximum absolute atomic E-state index is 12.1. The Kier molecular flexibility index (Phi) is 4.93. The molecule has 1 aliphatic rings. The van der Waals surface area contributed by atoms with Gasteiger partial charge in [0.05, 0.1) is 11.1 Å². The maximum Gasteiger partial charge on any atom is 0.325 e. The third kappa shape index (κ3) is 4.00. The highest BCUT2D eigenvalue weighted by atomic mass is 31.2. The summed E-state index contributed by atoms with van der Waals surface area (Å²) in [5.74, 6) is -0.517. The number of carbonyl (C=O) groups excluding carboxylic acids is 2. The number of imide groups is 1. The van der Waals surface area contributed by atoms with Crippen molar-refractivity contribution in [1.82, 2.24) is 4.90 Å². The zero-order valence-electron chi connectivity index (χ0n) is 11.6. The molecule has 1 aromatic carbocycles. The zero-order chi connectivity index (χ0) is 15.5. The highest BCUT2D eigenvalue weighted by Gasteiger charge is 2.34. The summed E-state index contributed by atoms with van der Waals surface area (Å²) < 4.78 is 10.7. The molecule has 7 heteroatoms. The second-order valence-electron chi connectivity index (χ2n) is 5.11. The van der Waals surface area contributed by atoms with E-state index in [4.69, 9.17) is 9.79 Å². The first-order chi connectivity index (χ1) is 9.90. The van der Waals surface area contributed by atoms with Gasteiger partial charge in [0.1, 0.15) is 0 Å². The van der Waals surface area contributed by atoms with E-state index in [0.29, 0.717) is 36.9 Å². The van der Waals surface area contributed by atoms with Crippen LogP contribution in [-0.2, 0) is 4.57 Å². The molecule has 0 spiro atoms. The normalized spacial score (nSPS) is 14.7. The van der Waals surface area contributed by atoms with E-state index in [1.165, 1.54) is 4.90 Å². The van der Waals surface area contributed by atoms with Gasteiger partial charge in [0.2, 0.25) is 0 Å². The van der Waals surface area contributed by atoms with E-state index in [2.05, 4.69) is 0 Å². The number of rotatable bonds is 7. The van der Waals surface area contributed by atoms with Gasteiger partial charge < -0.3 is 9.79 Å². The fraction of sp³-hybridized carbons (Fsp3) is 0.429. The van der Waals surface area contributed by atoms with Crippen LogP contribution < -0.4 is 0 Å². The molecule has 0 bridgehead atoms. The molecule has 0 radical (unpaired) electrons. The molecule has 0 atom stereocenters. The Morgan fingerprint density at radius 3 is 1.95 bits per heavy atom. The topological polar surface area (TPSA) is 94.9 Å². The van der Waals surface area contributed by atoms with Crippen molar-refractivity contribution in [3.8, 4) is 0 Å². The molecule has 6 nitrogen and oxygen atoms in total. The van der Waals surface area contributed by atoms with Gasteiger partial charge in [0.25, 0.3) is 11.8 Å². The van der Waals surface area contributed by atoms with Gasteiger partial charge >= 0.3 is 7.60 Å². The fourth-order valence-electron chi connectivity index (χ4n) is 2.38. The molecule has 21 heavy (non-hydrogen) atoms. The molecule has 0 fully saturated rings. The van der Waals surface area contributed by atoms with Gasteiger partial charge in [0, 0.05) is 12.7 Å². The van der Waals surface area contributed by atoms with Crippen LogP contribution in [0.5, 0.6) is 0 Å². The van der Waals surface area contributed by atoms with E-state index in [-0.39, 0.29) is 18.0 Å². The summed E-state index contributed by atoms with van der Waals surface area (Å²) in [6.45, 7) is 0.349. The van der Waals surface area contributed by atoms with Crippen LogP contribution in [0.4, 0.5) is 0 Å². The van der Waals surface area contributed by atoms with E-state index in [0.717, 1.165) is 6.42 Å². The largest absolute Gasteiger partial charge is 0.325 e. The SMILES string of the molecule is O=C1c2ccccc2C(=O)N1CCCCCCP(=O)(O)O. The Hall–Kier alpha value is -1.49. The number of benzene rings is 1. The quantitative estimate of drug-likeness (QED) is 0.456. The van der Waals surface area contributed by atoms with Crippen LogP contribution in [0, 0.1) is 0 Å². The van der Waals surface area contributed by atoms with Crippen LogP contribution >= 0.6 is 7.60 Å². The zero-order valence-corrected chi connectivity index (χ0v) is 12.5. The summed E-state index contributed by atoms with van der Waals surface area (Å²) >= 11 is 0. The molecular formula is C14H18NO5P. The van der Waals surface area contributed by atoms with Gasteiger partial charge in [0.15, 0.2) is 0 Å². The van der Waals surface area contributed by atoms with Crippen LogP contribution in [0.3, 0.4) is 0 Å². The molecule has 2 amide bonds. The van der Waals surface area contributed by atoms with E-state index >= 15 is 0 Å². The second-order valence-corrected chi connectivity index (χ2v) is 6.89. The Bertz CT molecular complexity index is 560. The fourth-order valence-corrected chi connectivity index (χ4v) is 3.02. The third-order valence-electron chi connectivity index (χ3n) is 3.46. The molecule has 2 N–H and O–H groups in total. The van der Waals surface area contributed by atoms with Gasteiger partial charge in [-0.3, -0.25) is 19.1 Å². The lowest BCUT2D eigenvalue weighted by Crippen LogP contribution is -2.30. The average Bonchev–Trinajstić information content (AvgIpc) is 2.66. The number of fused-ring (bicyclic) bond motifs is 1. The monoisotopic (exact) mass is 311 g/mol. The highest BCUT2D eigenvalue weighted by molar-refractivity contribution is 7.51. The molecule has 114 valence electrons. The molecule has 0 saturated carbocycles. The Morgan fingerprint density at radius 1 is 0.905 bits per heavy atom.